The lowest BCUT2D eigenvalue weighted by molar-refractivity contribution is -0.139. The van der Waals surface area contributed by atoms with Crippen molar-refractivity contribution in [2.45, 2.75) is 31.5 Å². The number of hydrogen-bond acceptors (Lipinski definition) is 4. The molecule has 0 radical (unpaired) electrons. The zero-order valence-electron chi connectivity index (χ0n) is 9.12. The lowest BCUT2D eigenvalue weighted by Crippen LogP contribution is -2.58. The van der Waals surface area contributed by atoms with Gasteiger partial charge in [0.25, 0.3) is 0 Å². The van der Waals surface area contributed by atoms with Gasteiger partial charge in [0.15, 0.2) is 5.78 Å². The minimum atomic E-state index is -0.269. The van der Waals surface area contributed by atoms with Gasteiger partial charge in [-0.2, -0.15) is 0 Å². The van der Waals surface area contributed by atoms with Gasteiger partial charge in [-0.25, -0.2) is 0 Å². The summed E-state index contributed by atoms with van der Waals surface area (Å²) in [4.78, 5) is 25.2. The molecule has 5 heteroatoms. The predicted octanol–water partition coefficient (Wildman–Crippen LogP) is -1.26. The number of ketones is 1. The number of piperazine rings is 1. The van der Waals surface area contributed by atoms with E-state index < -0.39 is 0 Å². The van der Waals surface area contributed by atoms with Crippen LogP contribution in [0.5, 0.6) is 0 Å². The highest BCUT2D eigenvalue weighted by molar-refractivity contribution is 5.92. The molecule has 15 heavy (non-hydrogen) atoms. The number of rotatable bonds is 2. The van der Waals surface area contributed by atoms with Crippen LogP contribution in [0.25, 0.3) is 0 Å². The van der Waals surface area contributed by atoms with E-state index >= 15 is 0 Å². The number of Topliss-reactive ketones (excluding diaryl/α,β-unsaturated/α-hetero) is 1. The highest BCUT2D eigenvalue weighted by Crippen LogP contribution is 2.24. The molecule has 3 atom stereocenters. The van der Waals surface area contributed by atoms with Gasteiger partial charge in [0, 0.05) is 19.1 Å². The topological polar surface area (TPSA) is 61.4 Å². The quantitative estimate of drug-likeness (QED) is 0.598. The Labute approximate surface area is 89.2 Å². The molecule has 2 aliphatic heterocycles. The van der Waals surface area contributed by atoms with Crippen molar-refractivity contribution in [3.63, 3.8) is 0 Å². The number of carbonyl (C=O) groups is 2. The Morgan fingerprint density at radius 3 is 2.87 bits per heavy atom. The standard InChI is InChI=1S/C10H17N3O2/c1-6(14)9-5-12-4-7-3-8(11-2)10(15)13(7)9/h7-9,11-12H,3-5H2,1-2H3. The average molecular weight is 211 g/mol. The van der Waals surface area contributed by atoms with Gasteiger partial charge in [0.2, 0.25) is 5.91 Å². The van der Waals surface area contributed by atoms with Crippen LogP contribution in [0, 0.1) is 0 Å². The fraction of sp³-hybridized carbons (Fsp3) is 0.800. The second-order valence-electron chi connectivity index (χ2n) is 4.26. The van der Waals surface area contributed by atoms with E-state index in [2.05, 4.69) is 10.6 Å². The molecule has 0 aromatic rings. The normalized spacial score (nSPS) is 35.5. The van der Waals surface area contributed by atoms with Crippen LogP contribution in [-0.2, 0) is 9.59 Å². The van der Waals surface area contributed by atoms with E-state index in [-0.39, 0.29) is 29.8 Å². The summed E-state index contributed by atoms with van der Waals surface area (Å²) in [5.74, 6) is 0.140. The Hall–Kier alpha value is -0.940. The molecule has 5 nitrogen and oxygen atoms in total. The molecule has 0 aromatic carbocycles. The van der Waals surface area contributed by atoms with Crippen molar-refractivity contribution < 1.29 is 9.59 Å². The van der Waals surface area contributed by atoms with Crippen LogP contribution >= 0.6 is 0 Å². The lowest BCUT2D eigenvalue weighted by Gasteiger charge is -2.36. The molecule has 2 aliphatic rings. The van der Waals surface area contributed by atoms with E-state index in [9.17, 15) is 9.59 Å². The zero-order chi connectivity index (χ0) is 11.0. The summed E-state index contributed by atoms with van der Waals surface area (Å²) in [5, 5.41) is 6.21. The van der Waals surface area contributed by atoms with Gasteiger partial charge in [-0.3, -0.25) is 9.59 Å². The van der Waals surface area contributed by atoms with Gasteiger partial charge in [-0.05, 0) is 20.4 Å². The number of nitrogens with zero attached hydrogens (tertiary/aromatic N) is 1. The van der Waals surface area contributed by atoms with Crippen LogP contribution in [0.1, 0.15) is 13.3 Å². The van der Waals surface area contributed by atoms with Gasteiger partial charge in [0.05, 0.1) is 6.04 Å². The summed E-state index contributed by atoms with van der Waals surface area (Å²) >= 11 is 0. The van der Waals surface area contributed by atoms with Crippen molar-refractivity contribution in [2.24, 2.45) is 0 Å². The predicted molar refractivity (Wildman–Crippen MR) is 55.4 cm³/mol. The Morgan fingerprint density at radius 2 is 2.27 bits per heavy atom. The van der Waals surface area contributed by atoms with Crippen LogP contribution in [0.15, 0.2) is 0 Å². The SMILES string of the molecule is CNC1CC2CNCC(C(C)=O)N2C1=O. The van der Waals surface area contributed by atoms with Crippen molar-refractivity contribution in [3.8, 4) is 0 Å². The number of hydrogen-bond donors (Lipinski definition) is 2. The van der Waals surface area contributed by atoms with Gasteiger partial charge < -0.3 is 15.5 Å². The van der Waals surface area contributed by atoms with Crippen LogP contribution in [0.4, 0.5) is 0 Å². The molecular formula is C10H17N3O2. The number of fused-ring (bicyclic) bond motifs is 1. The van der Waals surface area contributed by atoms with Crippen molar-refractivity contribution >= 4 is 11.7 Å². The Balaban J connectivity index is 2.20. The fourth-order valence-corrected chi connectivity index (χ4v) is 2.50. The Morgan fingerprint density at radius 1 is 1.53 bits per heavy atom. The second-order valence-corrected chi connectivity index (χ2v) is 4.26. The molecule has 0 spiro atoms. The van der Waals surface area contributed by atoms with Gasteiger partial charge in [-0.15, -0.1) is 0 Å². The highest BCUT2D eigenvalue weighted by atomic mass is 16.2. The maximum atomic E-state index is 12.0. The third kappa shape index (κ3) is 1.66. The maximum Gasteiger partial charge on any atom is 0.240 e. The third-order valence-corrected chi connectivity index (χ3v) is 3.32. The largest absolute Gasteiger partial charge is 0.326 e. The van der Waals surface area contributed by atoms with Crippen LogP contribution in [0.3, 0.4) is 0 Å². The molecule has 0 bridgehead atoms. The van der Waals surface area contributed by atoms with Crippen LogP contribution < -0.4 is 10.6 Å². The molecule has 2 heterocycles. The van der Waals surface area contributed by atoms with Crippen molar-refractivity contribution in [1.82, 2.24) is 15.5 Å². The van der Waals surface area contributed by atoms with E-state index in [4.69, 9.17) is 0 Å². The van der Waals surface area contributed by atoms with Crippen LogP contribution in [-0.4, -0.2) is 54.9 Å². The summed E-state index contributed by atoms with van der Waals surface area (Å²) in [5.41, 5.74) is 0. The van der Waals surface area contributed by atoms with Crippen molar-refractivity contribution in [2.75, 3.05) is 20.1 Å². The number of carbonyl (C=O) groups excluding carboxylic acids is 2. The van der Waals surface area contributed by atoms with E-state index in [1.165, 1.54) is 0 Å². The summed E-state index contributed by atoms with van der Waals surface area (Å²) < 4.78 is 0. The molecular weight excluding hydrogens is 194 g/mol. The lowest BCUT2D eigenvalue weighted by atomic mass is 10.1. The maximum absolute atomic E-state index is 12.0. The van der Waals surface area contributed by atoms with Gasteiger partial charge in [0.1, 0.15) is 6.04 Å². The Kier molecular flexibility index (Phi) is 2.75. The van der Waals surface area contributed by atoms with Crippen molar-refractivity contribution in [3.05, 3.63) is 0 Å². The zero-order valence-corrected chi connectivity index (χ0v) is 9.12. The fourth-order valence-electron chi connectivity index (χ4n) is 2.50. The minimum absolute atomic E-state index is 0.0669. The first-order chi connectivity index (χ1) is 7.15. The molecule has 2 fully saturated rings. The van der Waals surface area contributed by atoms with Gasteiger partial charge in [-0.1, -0.05) is 0 Å². The van der Waals surface area contributed by atoms with Crippen LogP contribution in [0.2, 0.25) is 0 Å². The first kappa shape index (κ1) is 10.6. The average Bonchev–Trinajstić information content (AvgIpc) is 2.55. The molecule has 0 aliphatic carbocycles. The minimum Gasteiger partial charge on any atom is -0.326 e. The van der Waals surface area contributed by atoms with E-state index in [0.717, 1.165) is 13.0 Å². The molecule has 0 saturated carbocycles. The molecule has 2 rings (SSSR count). The number of likely N-dealkylation sites (N-methyl/N-ethyl adjacent to an activating group) is 1. The number of nitrogens with one attached hydrogen (secondary N) is 2. The summed E-state index contributed by atoms with van der Waals surface area (Å²) in [6.45, 7) is 2.94. The third-order valence-electron chi connectivity index (χ3n) is 3.32. The highest BCUT2D eigenvalue weighted by Gasteiger charge is 2.45. The Bertz CT molecular complexity index is 292. The molecule has 0 aromatic heterocycles. The van der Waals surface area contributed by atoms with E-state index in [0.29, 0.717) is 6.54 Å². The summed E-state index contributed by atoms with van der Waals surface area (Å²) in [6.07, 6.45) is 0.798. The van der Waals surface area contributed by atoms with Crippen molar-refractivity contribution in [1.29, 1.82) is 0 Å². The summed E-state index contributed by atoms with van der Waals surface area (Å²) in [7, 11) is 1.79. The molecule has 1 amide bonds. The number of amides is 1. The molecule has 84 valence electrons. The first-order valence-corrected chi connectivity index (χ1v) is 5.35. The molecule has 3 unspecified atom stereocenters. The van der Waals surface area contributed by atoms with Gasteiger partial charge >= 0.3 is 0 Å². The van der Waals surface area contributed by atoms with E-state index in [1.807, 2.05) is 0 Å². The summed E-state index contributed by atoms with van der Waals surface area (Å²) in [6, 6.07) is -0.205. The monoisotopic (exact) mass is 211 g/mol. The molecule has 2 saturated heterocycles. The second kappa shape index (κ2) is 3.90. The smallest absolute Gasteiger partial charge is 0.240 e. The van der Waals surface area contributed by atoms with E-state index in [1.54, 1.807) is 18.9 Å². The first-order valence-electron chi connectivity index (χ1n) is 5.35. The molecule has 2 N–H and O–H groups in total.